The minimum atomic E-state index is -0.823. The molecule has 1 aromatic carbocycles. The molecule has 1 aromatic rings. The molecule has 0 fully saturated rings. The van der Waals surface area contributed by atoms with Gasteiger partial charge < -0.3 is 10.2 Å². The van der Waals surface area contributed by atoms with E-state index in [4.69, 9.17) is 0 Å². The smallest absolute Gasteiger partial charge is 0.255 e. The molecule has 1 heterocycles. The topological polar surface area (TPSA) is 69.7 Å². The molecule has 146 valence electrons. The summed E-state index contributed by atoms with van der Waals surface area (Å²) < 4.78 is 0. The van der Waals surface area contributed by atoms with Crippen LogP contribution in [0.1, 0.15) is 40.2 Å². The first kappa shape index (κ1) is 20.7. The number of nitrogens with zero attached hydrogens (tertiary/aromatic N) is 2. The van der Waals surface area contributed by atoms with Crippen molar-refractivity contribution in [2.24, 2.45) is 0 Å². The maximum Gasteiger partial charge on any atom is 0.255 e. The number of nitrogens with one attached hydrogen (secondary N) is 1. The van der Waals surface area contributed by atoms with Crippen molar-refractivity contribution in [3.63, 3.8) is 0 Å². The molecule has 6 nitrogen and oxygen atoms in total. The van der Waals surface area contributed by atoms with Gasteiger partial charge in [-0.25, -0.2) is 0 Å². The molecule has 0 spiro atoms. The van der Waals surface area contributed by atoms with Gasteiger partial charge in [0.25, 0.3) is 5.91 Å². The van der Waals surface area contributed by atoms with Gasteiger partial charge in [-0.3, -0.25) is 19.3 Å². The molecule has 1 N–H and O–H groups in total. The lowest BCUT2D eigenvalue weighted by Crippen LogP contribution is -2.59. The number of carbonyl (C=O) groups excluding carboxylic acids is 3. The number of likely N-dealkylation sites (N-methyl/N-ethyl adjacent to an activating group) is 1. The lowest BCUT2D eigenvalue weighted by Gasteiger charge is -2.37. The van der Waals surface area contributed by atoms with Crippen molar-refractivity contribution >= 4 is 23.4 Å². The van der Waals surface area contributed by atoms with Crippen LogP contribution in [0, 0.1) is 6.92 Å². The number of carbonyl (C=O) groups is 3. The predicted molar refractivity (Wildman–Crippen MR) is 106 cm³/mol. The standard InChI is InChI=1S/C21H29N3O3/c1-13-8-10-16(11-9-13)24-17(18(25)22-21(4,5)6)12-23(7)19(26)14(2)15(3)20(24)27/h8-11,17H,12H2,1-7H3,(H,22,25)/b15-14-. The van der Waals surface area contributed by atoms with Crippen molar-refractivity contribution in [2.45, 2.75) is 53.1 Å². The minimum absolute atomic E-state index is 0.116. The number of rotatable bonds is 2. The van der Waals surface area contributed by atoms with E-state index in [1.807, 2.05) is 52.0 Å². The Labute approximate surface area is 161 Å². The fraction of sp³-hybridized carbons (Fsp3) is 0.476. The summed E-state index contributed by atoms with van der Waals surface area (Å²) in [6, 6.07) is 6.64. The molecule has 6 heteroatoms. The Hall–Kier alpha value is -2.63. The van der Waals surface area contributed by atoms with Gasteiger partial charge in [0.15, 0.2) is 0 Å². The molecule has 27 heavy (non-hydrogen) atoms. The van der Waals surface area contributed by atoms with Crippen molar-refractivity contribution in [1.82, 2.24) is 10.2 Å². The van der Waals surface area contributed by atoms with Gasteiger partial charge >= 0.3 is 0 Å². The summed E-state index contributed by atoms with van der Waals surface area (Å²) >= 11 is 0. The molecule has 1 atom stereocenters. The summed E-state index contributed by atoms with van der Waals surface area (Å²) in [7, 11) is 1.65. The van der Waals surface area contributed by atoms with Crippen LogP contribution in [0.2, 0.25) is 0 Å². The van der Waals surface area contributed by atoms with E-state index in [1.165, 1.54) is 9.80 Å². The SMILES string of the molecule is C/C1=C(\C)C(=O)N(c2ccc(C)cc2)C(C(=O)NC(C)(C)C)CN(C)C1=O. The Kier molecular flexibility index (Phi) is 5.78. The highest BCUT2D eigenvalue weighted by Gasteiger charge is 2.38. The van der Waals surface area contributed by atoms with E-state index in [0.717, 1.165) is 5.56 Å². The van der Waals surface area contributed by atoms with Crippen molar-refractivity contribution in [1.29, 1.82) is 0 Å². The van der Waals surface area contributed by atoms with Gasteiger partial charge in [0.1, 0.15) is 6.04 Å². The van der Waals surface area contributed by atoms with Crippen LogP contribution in [0.25, 0.3) is 0 Å². The molecule has 1 aliphatic heterocycles. The summed E-state index contributed by atoms with van der Waals surface area (Å²) in [6.45, 7) is 11.0. The number of benzene rings is 1. The maximum atomic E-state index is 13.2. The largest absolute Gasteiger partial charge is 0.350 e. The molecule has 3 amide bonds. The van der Waals surface area contributed by atoms with Gasteiger partial charge in [-0.2, -0.15) is 0 Å². The quantitative estimate of drug-likeness (QED) is 0.868. The van der Waals surface area contributed by atoms with Crippen LogP contribution in [0.5, 0.6) is 0 Å². The number of aryl methyl sites for hydroxylation is 1. The Morgan fingerprint density at radius 2 is 1.52 bits per heavy atom. The molecule has 2 rings (SSSR count). The molecule has 0 radical (unpaired) electrons. The molecular formula is C21H29N3O3. The van der Waals surface area contributed by atoms with Crippen molar-refractivity contribution < 1.29 is 14.4 Å². The Morgan fingerprint density at radius 3 is 2.04 bits per heavy atom. The maximum absolute atomic E-state index is 13.2. The molecule has 1 unspecified atom stereocenters. The van der Waals surface area contributed by atoms with E-state index in [0.29, 0.717) is 16.8 Å². The fourth-order valence-corrected chi connectivity index (χ4v) is 3.01. The van der Waals surface area contributed by atoms with Crippen LogP contribution in [0.4, 0.5) is 5.69 Å². The Balaban J connectivity index is 2.60. The zero-order valence-electron chi connectivity index (χ0n) is 17.2. The van der Waals surface area contributed by atoms with Crippen LogP contribution < -0.4 is 10.2 Å². The third-order valence-corrected chi connectivity index (χ3v) is 4.64. The van der Waals surface area contributed by atoms with Gasteiger partial charge in [0.05, 0.1) is 6.54 Å². The summed E-state index contributed by atoms with van der Waals surface area (Å²) in [5, 5.41) is 2.94. The van der Waals surface area contributed by atoms with Crippen LogP contribution in [-0.4, -0.2) is 47.8 Å². The molecule has 0 saturated heterocycles. The van der Waals surface area contributed by atoms with Gasteiger partial charge in [-0.15, -0.1) is 0 Å². The first-order valence-electron chi connectivity index (χ1n) is 9.07. The number of hydrogen-bond acceptors (Lipinski definition) is 3. The first-order chi connectivity index (χ1) is 12.4. The van der Waals surface area contributed by atoms with Crippen molar-refractivity contribution in [3.8, 4) is 0 Å². The molecular weight excluding hydrogens is 342 g/mol. The van der Waals surface area contributed by atoms with Crippen LogP contribution in [-0.2, 0) is 14.4 Å². The number of amides is 3. The second-order valence-electron chi connectivity index (χ2n) is 8.20. The van der Waals surface area contributed by atoms with Gasteiger partial charge in [-0.1, -0.05) is 17.7 Å². The zero-order chi connectivity index (χ0) is 20.5. The number of hydrogen-bond donors (Lipinski definition) is 1. The Morgan fingerprint density at radius 1 is 1.00 bits per heavy atom. The van der Waals surface area contributed by atoms with Crippen LogP contribution in [0.3, 0.4) is 0 Å². The van der Waals surface area contributed by atoms with Crippen LogP contribution in [0.15, 0.2) is 35.4 Å². The molecule has 1 aliphatic rings. The summed E-state index contributed by atoms with van der Waals surface area (Å²) in [4.78, 5) is 41.9. The molecule has 0 bridgehead atoms. The second-order valence-corrected chi connectivity index (χ2v) is 8.20. The summed E-state index contributed by atoms with van der Waals surface area (Å²) in [6.07, 6.45) is 0. The highest BCUT2D eigenvalue weighted by atomic mass is 16.2. The van der Waals surface area contributed by atoms with E-state index in [2.05, 4.69) is 5.32 Å². The normalized spacial score (nSPS) is 21.8. The minimum Gasteiger partial charge on any atom is -0.350 e. The average molecular weight is 371 g/mol. The first-order valence-corrected chi connectivity index (χ1v) is 9.07. The molecule has 0 aliphatic carbocycles. The number of anilines is 1. The van der Waals surface area contributed by atoms with Crippen molar-refractivity contribution in [2.75, 3.05) is 18.5 Å². The third-order valence-electron chi connectivity index (χ3n) is 4.64. The third kappa shape index (κ3) is 4.56. The van der Waals surface area contributed by atoms with E-state index >= 15 is 0 Å². The van der Waals surface area contributed by atoms with E-state index in [9.17, 15) is 14.4 Å². The van der Waals surface area contributed by atoms with Gasteiger partial charge in [0, 0.05) is 29.4 Å². The van der Waals surface area contributed by atoms with Gasteiger partial charge in [-0.05, 0) is 53.7 Å². The van der Waals surface area contributed by atoms with Gasteiger partial charge in [0.2, 0.25) is 11.8 Å². The Bertz CT molecular complexity index is 788. The molecule has 0 aromatic heterocycles. The lowest BCUT2D eigenvalue weighted by molar-refractivity contribution is -0.131. The summed E-state index contributed by atoms with van der Waals surface area (Å²) in [5.41, 5.74) is 1.99. The van der Waals surface area contributed by atoms with E-state index in [1.54, 1.807) is 20.9 Å². The zero-order valence-corrected chi connectivity index (χ0v) is 17.2. The summed E-state index contributed by atoms with van der Waals surface area (Å²) in [5.74, 6) is -0.853. The highest BCUT2D eigenvalue weighted by molar-refractivity contribution is 6.14. The lowest BCUT2D eigenvalue weighted by atomic mass is 10.0. The second kappa shape index (κ2) is 7.55. The van der Waals surface area contributed by atoms with E-state index in [-0.39, 0.29) is 24.3 Å². The molecule has 0 saturated carbocycles. The highest BCUT2D eigenvalue weighted by Crippen LogP contribution is 2.25. The van der Waals surface area contributed by atoms with Crippen LogP contribution >= 0.6 is 0 Å². The van der Waals surface area contributed by atoms with E-state index < -0.39 is 11.6 Å². The average Bonchev–Trinajstić information content (AvgIpc) is 2.58. The van der Waals surface area contributed by atoms with Crippen molar-refractivity contribution in [3.05, 3.63) is 41.0 Å². The monoisotopic (exact) mass is 371 g/mol. The fourth-order valence-electron chi connectivity index (χ4n) is 3.01. The predicted octanol–water partition coefficient (Wildman–Crippen LogP) is 2.42.